The lowest BCUT2D eigenvalue weighted by molar-refractivity contribution is -0.659. The Balaban J connectivity index is 1.79. The van der Waals surface area contributed by atoms with Gasteiger partial charge in [0.15, 0.2) is 6.17 Å². The maximum absolute atomic E-state index is 8.64. The lowest BCUT2D eigenvalue weighted by Gasteiger charge is -2.21. The Morgan fingerprint density at radius 2 is 1.55 bits per heavy atom. The van der Waals surface area contributed by atoms with Gasteiger partial charge >= 0.3 is 0 Å². The zero-order valence-electron chi connectivity index (χ0n) is 19.2. The summed E-state index contributed by atoms with van der Waals surface area (Å²) in [6.07, 6.45) is 11.4. The van der Waals surface area contributed by atoms with Gasteiger partial charge in [-0.3, -0.25) is 0 Å². The van der Waals surface area contributed by atoms with Crippen LogP contribution < -0.4 is 4.57 Å². The molecule has 2 aliphatic rings. The van der Waals surface area contributed by atoms with E-state index < -0.39 is 0 Å². The largest absolute Gasteiger partial charge is 0.220 e. The molecule has 0 spiro atoms. The van der Waals surface area contributed by atoms with E-state index in [9.17, 15) is 0 Å². The Morgan fingerprint density at radius 1 is 0.862 bits per heavy atom. The lowest BCUT2D eigenvalue weighted by atomic mass is 9.83. The minimum absolute atomic E-state index is 0.580. The van der Waals surface area contributed by atoms with E-state index in [-0.39, 0.29) is 0 Å². The zero-order valence-corrected chi connectivity index (χ0v) is 18.2. The van der Waals surface area contributed by atoms with Gasteiger partial charge in [-0.15, -0.1) is 0 Å². The fraction of sp³-hybridized carbons (Fsp3) is 0.464. The van der Waals surface area contributed by atoms with Crippen LogP contribution in [0.3, 0.4) is 0 Å². The first kappa shape index (κ1) is 17.7. The molecule has 2 saturated carbocycles. The van der Waals surface area contributed by atoms with Crippen LogP contribution in [0.5, 0.6) is 0 Å². The molecule has 0 aliphatic heterocycles. The van der Waals surface area contributed by atoms with Gasteiger partial charge in [-0.1, -0.05) is 49.4 Å². The summed E-state index contributed by atoms with van der Waals surface area (Å²) < 4.78 is 10.7. The predicted molar refractivity (Wildman–Crippen MR) is 122 cm³/mol. The number of benzene rings is 2. The van der Waals surface area contributed by atoms with Crippen LogP contribution in [0.15, 0.2) is 42.6 Å². The Labute approximate surface area is 177 Å². The molecule has 0 amide bonds. The van der Waals surface area contributed by atoms with Gasteiger partial charge in [-0.05, 0) is 85.6 Å². The van der Waals surface area contributed by atoms with E-state index in [0.717, 1.165) is 0 Å². The number of pyridine rings is 1. The van der Waals surface area contributed by atoms with Crippen LogP contribution in [0.4, 0.5) is 0 Å². The van der Waals surface area contributed by atoms with Crippen molar-refractivity contribution in [3.05, 3.63) is 64.8 Å². The number of nitrogens with zero attached hydrogens (tertiary/aromatic N) is 1. The third-order valence-corrected chi connectivity index (χ3v) is 7.56. The monoisotopic (exact) mass is 385 g/mol. The van der Waals surface area contributed by atoms with Gasteiger partial charge in [0.1, 0.15) is 8.42 Å². The molecule has 1 nitrogen and oxygen atoms in total. The van der Waals surface area contributed by atoms with Gasteiger partial charge in [0.2, 0.25) is 5.69 Å². The third kappa shape index (κ3) is 3.39. The molecular weight excluding hydrogens is 350 g/mol. The van der Waals surface area contributed by atoms with Crippen molar-refractivity contribution in [1.82, 2.24) is 0 Å². The molecule has 0 atom stereocenters. The summed E-state index contributed by atoms with van der Waals surface area (Å²) in [4.78, 5) is 0. The minimum Gasteiger partial charge on any atom is -0.200 e. The molecule has 2 aromatic carbocycles. The quantitative estimate of drug-likeness (QED) is 0.418. The number of hydrogen-bond acceptors (Lipinski definition) is 0. The number of rotatable bonds is 3. The summed E-state index contributed by atoms with van der Waals surface area (Å²) in [7, 11) is 2.06. The van der Waals surface area contributed by atoms with E-state index in [4.69, 9.17) is 1.37 Å². The molecule has 2 aliphatic carbocycles. The fourth-order valence-electron chi connectivity index (χ4n) is 5.92. The third-order valence-electron chi connectivity index (χ3n) is 7.56. The molecule has 1 heteroatoms. The highest BCUT2D eigenvalue weighted by Gasteiger charge is 2.27. The van der Waals surface area contributed by atoms with Gasteiger partial charge in [0.25, 0.3) is 0 Å². The maximum atomic E-state index is 8.64. The summed E-state index contributed by atoms with van der Waals surface area (Å²) in [6, 6.07) is 13.8. The van der Waals surface area contributed by atoms with Crippen LogP contribution in [0, 0.1) is 13.8 Å². The number of hydrogen-bond donors (Lipinski definition) is 0. The second kappa shape index (κ2) is 7.59. The molecular formula is C28H34N+. The summed E-state index contributed by atoms with van der Waals surface area (Å²) in [6.45, 7) is 4.47. The Morgan fingerprint density at radius 3 is 2.28 bits per heavy atom. The number of aryl methyl sites for hydroxylation is 1. The molecule has 5 rings (SSSR count). The Bertz CT molecular complexity index is 1100. The van der Waals surface area contributed by atoms with Gasteiger partial charge in [0.05, 0.1) is 10.9 Å². The van der Waals surface area contributed by atoms with Crippen LogP contribution in [-0.4, -0.2) is 0 Å². The van der Waals surface area contributed by atoms with Crippen LogP contribution >= 0.6 is 0 Å². The summed E-state index contributed by atoms with van der Waals surface area (Å²) in [5.74, 6) is 1.42. The van der Waals surface area contributed by atoms with Gasteiger partial charge in [0, 0.05) is 6.07 Å². The van der Waals surface area contributed by atoms with Crippen molar-refractivity contribution in [2.75, 3.05) is 0 Å². The van der Waals surface area contributed by atoms with Gasteiger partial charge < -0.3 is 0 Å². The molecule has 0 saturated heterocycles. The van der Waals surface area contributed by atoms with E-state index in [2.05, 4.69) is 55.8 Å². The molecule has 1 heterocycles. The average Bonchev–Trinajstić information content (AvgIpc) is 3.44. The topological polar surface area (TPSA) is 3.88 Å². The van der Waals surface area contributed by atoms with Crippen LogP contribution in [0.1, 0.15) is 86.8 Å². The highest BCUT2D eigenvalue weighted by molar-refractivity contribution is 5.94. The summed E-state index contributed by atoms with van der Waals surface area (Å²) >= 11 is 0. The van der Waals surface area contributed by atoms with Crippen molar-refractivity contribution in [3.63, 3.8) is 0 Å². The maximum Gasteiger partial charge on any atom is 0.220 e. The summed E-state index contributed by atoms with van der Waals surface area (Å²) in [5.41, 5.74) is 8.39. The van der Waals surface area contributed by atoms with Gasteiger partial charge in [-0.2, -0.15) is 0 Å². The average molecular weight is 386 g/mol. The van der Waals surface area contributed by atoms with Crippen LogP contribution in [0.2, 0.25) is 0 Å². The second-order valence-corrected chi connectivity index (χ2v) is 9.52. The van der Waals surface area contributed by atoms with E-state index >= 15 is 0 Å². The van der Waals surface area contributed by atoms with Crippen molar-refractivity contribution in [3.8, 4) is 11.3 Å². The first-order chi connectivity index (χ1) is 14.5. The van der Waals surface area contributed by atoms with Crippen LogP contribution in [0.25, 0.3) is 22.0 Å². The second-order valence-electron chi connectivity index (χ2n) is 9.52. The predicted octanol–water partition coefficient (Wildman–Crippen LogP) is 7.26. The minimum atomic E-state index is 0.580. The standard InChI is InChI=1S/C28H34N/c1-19-12-13-25-23(16-19)14-15-29(3)28(25)27-18-24(21-8-4-5-9-21)17-26(20(27)2)22-10-6-7-11-22/h12-18,21-22H,4-11H2,1-3H3/q+1/i15D. The summed E-state index contributed by atoms with van der Waals surface area (Å²) in [5, 5.41) is 2.45. The zero-order chi connectivity index (χ0) is 20.8. The number of fused-ring (bicyclic) bond motifs is 1. The first-order valence-corrected chi connectivity index (χ1v) is 11.6. The lowest BCUT2D eigenvalue weighted by Crippen LogP contribution is -2.31. The van der Waals surface area contributed by atoms with E-state index in [0.29, 0.717) is 18.0 Å². The molecule has 2 fully saturated rings. The molecule has 0 N–H and O–H groups in total. The van der Waals surface area contributed by atoms with Crippen molar-refractivity contribution < 1.29 is 5.94 Å². The fourth-order valence-corrected chi connectivity index (χ4v) is 5.92. The van der Waals surface area contributed by atoms with E-state index in [1.165, 1.54) is 84.5 Å². The Kier molecular flexibility index (Phi) is 4.63. The van der Waals surface area contributed by atoms with Crippen molar-refractivity contribution in [2.45, 2.75) is 77.0 Å². The highest BCUT2D eigenvalue weighted by atomic mass is 14.9. The smallest absolute Gasteiger partial charge is 0.200 e. The van der Waals surface area contributed by atoms with Crippen molar-refractivity contribution >= 4 is 10.8 Å². The highest BCUT2D eigenvalue weighted by Crippen LogP contribution is 2.43. The number of aromatic nitrogens is 1. The molecule has 0 bridgehead atoms. The van der Waals surface area contributed by atoms with Gasteiger partial charge in [-0.25, -0.2) is 4.57 Å². The van der Waals surface area contributed by atoms with Crippen molar-refractivity contribution in [1.29, 1.82) is 0 Å². The normalized spacial score (nSPS) is 18.7. The SMILES string of the molecule is [2H]c1cc2cc(C)ccc2c(-c2cc(C3CCCC3)cc(C3CCCC3)c2C)[n+]1C. The van der Waals surface area contributed by atoms with E-state index in [1.807, 2.05) is 6.07 Å². The van der Waals surface area contributed by atoms with E-state index in [1.54, 1.807) is 11.1 Å². The molecule has 1 aromatic heterocycles. The molecule has 150 valence electrons. The van der Waals surface area contributed by atoms with Crippen molar-refractivity contribution in [2.24, 2.45) is 7.05 Å². The van der Waals surface area contributed by atoms with Crippen LogP contribution in [-0.2, 0) is 7.05 Å². The Hall–Kier alpha value is -2.15. The molecule has 0 radical (unpaired) electrons. The first-order valence-electron chi connectivity index (χ1n) is 12.1. The molecule has 0 unspecified atom stereocenters. The molecule has 29 heavy (non-hydrogen) atoms. The molecule has 3 aromatic rings.